The molecule has 1 aliphatic heterocycles. The second-order valence-electron chi connectivity index (χ2n) is 5.65. The molecular weight excluding hydrogens is 254 g/mol. The molecule has 0 radical (unpaired) electrons. The van der Waals surface area contributed by atoms with Gasteiger partial charge in [0.25, 0.3) is 0 Å². The Labute approximate surface area is 123 Å². The quantitative estimate of drug-likeness (QED) is 0.716. The molecule has 1 amide bonds. The van der Waals surface area contributed by atoms with Crippen molar-refractivity contribution in [3.05, 3.63) is 0 Å². The number of nitrogens with one attached hydrogen (secondary N) is 1. The third kappa shape index (κ3) is 5.38. The van der Waals surface area contributed by atoms with Crippen molar-refractivity contribution in [3.8, 4) is 0 Å². The Kier molecular flexibility index (Phi) is 8.11. The molecule has 118 valence electrons. The lowest BCUT2D eigenvalue weighted by Crippen LogP contribution is -2.50. The number of hydrogen-bond acceptors (Lipinski definition) is 4. The Balaban J connectivity index is 2.37. The van der Waals surface area contributed by atoms with Gasteiger partial charge in [0.15, 0.2) is 0 Å². The summed E-state index contributed by atoms with van der Waals surface area (Å²) in [6.45, 7) is 12.5. The number of likely N-dealkylation sites (N-methyl/N-ethyl adjacent to an activating group) is 1. The molecule has 1 rings (SSSR count). The van der Waals surface area contributed by atoms with Crippen molar-refractivity contribution in [2.75, 3.05) is 53.0 Å². The lowest BCUT2D eigenvalue weighted by atomic mass is 9.97. The molecule has 5 heteroatoms. The second-order valence-corrected chi connectivity index (χ2v) is 5.65. The highest BCUT2D eigenvalue weighted by molar-refractivity contribution is 5.82. The molecule has 1 heterocycles. The molecule has 1 saturated heterocycles. The summed E-state index contributed by atoms with van der Waals surface area (Å²) in [4.78, 5) is 16.9. The zero-order valence-electron chi connectivity index (χ0n) is 13.5. The highest BCUT2D eigenvalue weighted by Gasteiger charge is 2.27. The zero-order chi connectivity index (χ0) is 15.0. The largest absolute Gasteiger partial charge is 0.379 e. The first kappa shape index (κ1) is 17.4. The first-order valence-electron chi connectivity index (χ1n) is 7.88. The van der Waals surface area contributed by atoms with Crippen LogP contribution in [0.25, 0.3) is 0 Å². The molecule has 1 fully saturated rings. The molecule has 5 nitrogen and oxygen atoms in total. The van der Waals surface area contributed by atoms with Gasteiger partial charge in [-0.25, -0.2) is 0 Å². The number of rotatable bonds is 8. The van der Waals surface area contributed by atoms with Gasteiger partial charge < -0.3 is 10.1 Å². The number of hydrogen-bond donors (Lipinski definition) is 1. The van der Waals surface area contributed by atoms with Crippen molar-refractivity contribution < 1.29 is 9.53 Å². The Bertz CT molecular complexity index is 270. The van der Waals surface area contributed by atoms with Crippen LogP contribution < -0.4 is 5.32 Å². The van der Waals surface area contributed by atoms with Gasteiger partial charge in [-0.1, -0.05) is 27.2 Å². The van der Waals surface area contributed by atoms with Crippen molar-refractivity contribution in [1.82, 2.24) is 15.1 Å². The minimum atomic E-state index is -0.0188. The van der Waals surface area contributed by atoms with Crippen LogP contribution in [-0.4, -0.2) is 74.7 Å². The van der Waals surface area contributed by atoms with Gasteiger partial charge in [-0.15, -0.1) is 0 Å². The van der Waals surface area contributed by atoms with E-state index < -0.39 is 0 Å². The van der Waals surface area contributed by atoms with Gasteiger partial charge in [-0.2, -0.15) is 0 Å². The molecule has 2 unspecified atom stereocenters. The van der Waals surface area contributed by atoms with Crippen molar-refractivity contribution >= 4 is 5.91 Å². The fourth-order valence-electron chi connectivity index (χ4n) is 2.58. The maximum absolute atomic E-state index is 12.4. The van der Waals surface area contributed by atoms with Gasteiger partial charge in [-0.3, -0.25) is 14.6 Å². The molecule has 1 N–H and O–H groups in total. The lowest BCUT2D eigenvalue weighted by molar-refractivity contribution is -0.127. The molecule has 0 aromatic carbocycles. The SMILES string of the molecule is CCC(C)C(C(=O)NCCN1CCOCC1)N(C)CC. The molecular formula is C15H31N3O2. The molecule has 0 bridgehead atoms. The predicted molar refractivity (Wildman–Crippen MR) is 81.8 cm³/mol. The van der Waals surface area contributed by atoms with E-state index in [4.69, 9.17) is 4.74 Å². The summed E-state index contributed by atoms with van der Waals surface area (Å²) in [6, 6.07) is -0.0188. The number of carbonyl (C=O) groups is 1. The van der Waals surface area contributed by atoms with E-state index in [1.807, 2.05) is 7.05 Å². The predicted octanol–water partition coefficient (Wildman–Crippen LogP) is 0.801. The maximum Gasteiger partial charge on any atom is 0.237 e. The molecule has 0 saturated carbocycles. The van der Waals surface area contributed by atoms with Crippen molar-refractivity contribution in [1.29, 1.82) is 0 Å². The van der Waals surface area contributed by atoms with Gasteiger partial charge in [0.1, 0.15) is 0 Å². The Morgan fingerprint density at radius 1 is 1.35 bits per heavy atom. The third-order valence-electron chi connectivity index (χ3n) is 4.26. The summed E-state index contributed by atoms with van der Waals surface area (Å²) in [5.41, 5.74) is 0. The molecule has 0 aromatic rings. The minimum Gasteiger partial charge on any atom is -0.379 e. The number of carbonyl (C=O) groups excluding carboxylic acids is 1. The van der Waals surface area contributed by atoms with Crippen LogP contribution in [-0.2, 0) is 9.53 Å². The number of morpholine rings is 1. The first-order chi connectivity index (χ1) is 9.60. The minimum absolute atomic E-state index is 0.0188. The standard InChI is InChI=1S/C15H31N3O2/c1-5-13(3)14(17(4)6-2)15(19)16-7-8-18-9-11-20-12-10-18/h13-14H,5-12H2,1-4H3,(H,16,19). The van der Waals surface area contributed by atoms with E-state index in [1.54, 1.807) is 0 Å². The van der Waals surface area contributed by atoms with Crippen LogP contribution in [0.15, 0.2) is 0 Å². The Hall–Kier alpha value is -0.650. The van der Waals surface area contributed by atoms with E-state index in [0.29, 0.717) is 5.92 Å². The number of amides is 1. The highest BCUT2D eigenvalue weighted by atomic mass is 16.5. The van der Waals surface area contributed by atoms with Gasteiger partial charge >= 0.3 is 0 Å². The van der Waals surface area contributed by atoms with Gasteiger partial charge in [0.2, 0.25) is 5.91 Å². The molecule has 20 heavy (non-hydrogen) atoms. The normalized spacial score (nSPS) is 19.9. The molecule has 0 spiro atoms. The molecule has 0 aromatic heterocycles. The van der Waals surface area contributed by atoms with Crippen LogP contribution in [0.4, 0.5) is 0 Å². The van der Waals surface area contributed by atoms with E-state index in [9.17, 15) is 4.79 Å². The second kappa shape index (κ2) is 9.32. The average Bonchev–Trinajstić information content (AvgIpc) is 2.48. The molecule has 1 aliphatic rings. The fourth-order valence-corrected chi connectivity index (χ4v) is 2.58. The van der Waals surface area contributed by atoms with Crippen LogP contribution in [0.2, 0.25) is 0 Å². The smallest absolute Gasteiger partial charge is 0.237 e. The Morgan fingerprint density at radius 2 is 2.00 bits per heavy atom. The third-order valence-corrected chi connectivity index (χ3v) is 4.26. The van der Waals surface area contributed by atoms with E-state index in [1.165, 1.54) is 0 Å². The summed E-state index contributed by atoms with van der Waals surface area (Å²) in [5.74, 6) is 0.542. The van der Waals surface area contributed by atoms with Crippen LogP contribution in [0.1, 0.15) is 27.2 Å². The molecule has 0 aliphatic carbocycles. The van der Waals surface area contributed by atoms with Crippen LogP contribution in [0.3, 0.4) is 0 Å². The Morgan fingerprint density at radius 3 is 2.55 bits per heavy atom. The van der Waals surface area contributed by atoms with E-state index >= 15 is 0 Å². The monoisotopic (exact) mass is 285 g/mol. The van der Waals surface area contributed by atoms with Gasteiger partial charge in [-0.05, 0) is 19.5 Å². The summed E-state index contributed by atoms with van der Waals surface area (Å²) in [6.07, 6.45) is 1.02. The zero-order valence-corrected chi connectivity index (χ0v) is 13.5. The average molecular weight is 285 g/mol. The van der Waals surface area contributed by atoms with Crippen LogP contribution in [0, 0.1) is 5.92 Å². The van der Waals surface area contributed by atoms with Gasteiger partial charge in [0.05, 0.1) is 19.3 Å². The van der Waals surface area contributed by atoms with Gasteiger partial charge in [0, 0.05) is 26.2 Å². The summed E-state index contributed by atoms with van der Waals surface area (Å²) < 4.78 is 5.32. The van der Waals surface area contributed by atoms with E-state index in [-0.39, 0.29) is 11.9 Å². The first-order valence-corrected chi connectivity index (χ1v) is 7.88. The summed E-state index contributed by atoms with van der Waals surface area (Å²) in [5, 5.41) is 3.10. The molecule has 2 atom stereocenters. The topological polar surface area (TPSA) is 44.8 Å². The number of nitrogens with zero attached hydrogens (tertiary/aromatic N) is 2. The summed E-state index contributed by atoms with van der Waals surface area (Å²) >= 11 is 0. The van der Waals surface area contributed by atoms with Crippen LogP contribution in [0.5, 0.6) is 0 Å². The maximum atomic E-state index is 12.4. The highest BCUT2D eigenvalue weighted by Crippen LogP contribution is 2.13. The van der Waals surface area contributed by atoms with E-state index in [0.717, 1.165) is 52.4 Å². The van der Waals surface area contributed by atoms with Crippen molar-refractivity contribution in [2.45, 2.75) is 33.2 Å². The summed E-state index contributed by atoms with van der Waals surface area (Å²) in [7, 11) is 2.03. The lowest BCUT2D eigenvalue weighted by Gasteiger charge is -2.31. The van der Waals surface area contributed by atoms with Crippen LogP contribution >= 0.6 is 0 Å². The van der Waals surface area contributed by atoms with E-state index in [2.05, 4.69) is 35.9 Å². The number of ether oxygens (including phenoxy) is 1. The fraction of sp³-hybridized carbons (Fsp3) is 0.933. The van der Waals surface area contributed by atoms with Crippen molar-refractivity contribution in [3.63, 3.8) is 0 Å². The van der Waals surface area contributed by atoms with Crippen molar-refractivity contribution in [2.24, 2.45) is 5.92 Å².